The fourth-order valence-electron chi connectivity index (χ4n) is 6.90. The van der Waals surface area contributed by atoms with Crippen molar-refractivity contribution in [3.05, 3.63) is 164 Å². The Morgan fingerprint density at radius 1 is 0.340 bits per heavy atom. The molecule has 0 saturated carbocycles. The molecule has 0 fully saturated rings. The van der Waals surface area contributed by atoms with Crippen molar-refractivity contribution in [2.24, 2.45) is 0 Å². The first-order chi connectivity index (χ1) is 24.7. The standard InChI is InChI=1S/C45H27N3OS/c1-3-11-28(12-4-1)43-46-44(29-13-5-2-6-14-29)48-45(47-43)32-20-22-33(30-21-24-42-38(25-30)36-16-8-10-18-41(36)50-42)37(26-32)31-19-23-35-34-15-7-9-17-39(34)49-40(35)27-31/h1-27H. The number of benzene rings is 7. The molecule has 4 nitrogen and oxygen atoms in total. The number of furan rings is 1. The number of thiophene rings is 1. The van der Waals surface area contributed by atoms with E-state index < -0.39 is 0 Å². The number of nitrogens with zero attached hydrogens (tertiary/aromatic N) is 3. The topological polar surface area (TPSA) is 51.8 Å². The summed E-state index contributed by atoms with van der Waals surface area (Å²) in [7, 11) is 0. The van der Waals surface area contributed by atoms with Crippen molar-refractivity contribution in [1.29, 1.82) is 0 Å². The van der Waals surface area contributed by atoms with E-state index in [1.54, 1.807) is 0 Å². The Balaban J connectivity index is 1.20. The highest BCUT2D eigenvalue weighted by molar-refractivity contribution is 7.25. The summed E-state index contributed by atoms with van der Waals surface area (Å²) in [6.07, 6.45) is 0. The van der Waals surface area contributed by atoms with Crippen LogP contribution in [0.4, 0.5) is 0 Å². The first-order valence-electron chi connectivity index (χ1n) is 16.6. The van der Waals surface area contributed by atoms with Crippen LogP contribution in [0.15, 0.2) is 168 Å². The van der Waals surface area contributed by atoms with Gasteiger partial charge in [0.25, 0.3) is 0 Å². The Morgan fingerprint density at radius 3 is 1.66 bits per heavy atom. The Kier molecular flexibility index (Phi) is 6.64. The van der Waals surface area contributed by atoms with Crippen molar-refractivity contribution in [2.45, 2.75) is 0 Å². The lowest BCUT2D eigenvalue weighted by atomic mass is 9.91. The second kappa shape index (κ2) is 11.6. The van der Waals surface area contributed by atoms with Gasteiger partial charge in [-0.1, -0.05) is 121 Å². The predicted molar refractivity (Wildman–Crippen MR) is 207 cm³/mol. The Morgan fingerprint density at radius 2 is 0.900 bits per heavy atom. The van der Waals surface area contributed by atoms with E-state index in [9.17, 15) is 0 Å². The van der Waals surface area contributed by atoms with Gasteiger partial charge in [0.1, 0.15) is 11.2 Å². The molecule has 10 aromatic rings. The zero-order valence-corrected chi connectivity index (χ0v) is 27.6. The lowest BCUT2D eigenvalue weighted by Gasteiger charge is -2.14. The van der Waals surface area contributed by atoms with Crippen molar-refractivity contribution in [3.8, 4) is 56.4 Å². The highest BCUT2D eigenvalue weighted by atomic mass is 32.1. The van der Waals surface area contributed by atoms with Gasteiger partial charge in [-0.3, -0.25) is 0 Å². The van der Waals surface area contributed by atoms with Gasteiger partial charge in [0, 0.05) is 47.6 Å². The highest BCUT2D eigenvalue weighted by Crippen LogP contribution is 2.41. The predicted octanol–water partition coefficient (Wildman–Crippen LogP) is 12.5. The van der Waals surface area contributed by atoms with Gasteiger partial charge in [0.05, 0.1) is 0 Å². The minimum Gasteiger partial charge on any atom is -0.456 e. The van der Waals surface area contributed by atoms with Crippen LogP contribution in [0.5, 0.6) is 0 Å². The maximum atomic E-state index is 6.37. The fraction of sp³-hybridized carbons (Fsp3) is 0. The van der Waals surface area contributed by atoms with Crippen molar-refractivity contribution in [1.82, 2.24) is 15.0 Å². The quantitative estimate of drug-likeness (QED) is 0.185. The van der Waals surface area contributed by atoms with Crippen LogP contribution in [0.3, 0.4) is 0 Å². The van der Waals surface area contributed by atoms with Crippen LogP contribution < -0.4 is 0 Å². The molecule has 0 N–H and O–H groups in total. The summed E-state index contributed by atoms with van der Waals surface area (Å²) >= 11 is 1.83. The Hall–Kier alpha value is -6.43. The van der Waals surface area contributed by atoms with Crippen LogP contribution in [0.1, 0.15) is 0 Å². The van der Waals surface area contributed by atoms with Crippen LogP contribution in [0.25, 0.3) is 98.5 Å². The maximum absolute atomic E-state index is 6.37. The fourth-order valence-corrected chi connectivity index (χ4v) is 7.99. The SMILES string of the molecule is c1ccc(-c2nc(-c3ccccc3)nc(-c3ccc(-c4ccc5sc6ccccc6c5c4)c(-c4ccc5c(c4)oc4ccccc45)c3)n2)cc1. The number of rotatable bonds is 5. The van der Waals surface area contributed by atoms with Gasteiger partial charge in [-0.25, -0.2) is 15.0 Å². The molecule has 3 heterocycles. The largest absolute Gasteiger partial charge is 0.456 e. The van der Waals surface area contributed by atoms with Gasteiger partial charge >= 0.3 is 0 Å². The number of fused-ring (bicyclic) bond motifs is 6. The lowest BCUT2D eigenvalue weighted by molar-refractivity contribution is 0.669. The first kappa shape index (κ1) is 28.6. The maximum Gasteiger partial charge on any atom is 0.164 e. The third-order valence-electron chi connectivity index (χ3n) is 9.35. The zero-order chi connectivity index (χ0) is 33.0. The third-order valence-corrected chi connectivity index (χ3v) is 10.5. The molecule has 0 aliphatic carbocycles. The zero-order valence-electron chi connectivity index (χ0n) is 26.7. The summed E-state index contributed by atoms with van der Waals surface area (Å²) in [6.45, 7) is 0. The molecule has 0 aliphatic heterocycles. The van der Waals surface area contributed by atoms with E-state index in [2.05, 4.69) is 91.0 Å². The van der Waals surface area contributed by atoms with Gasteiger partial charge in [0.2, 0.25) is 0 Å². The van der Waals surface area contributed by atoms with Crippen LogP contribution in [0.2, 0.25) is 0 Å². The monoisotopic (exact) mass is 657 g/mol. The van der Waals surface area contributed by atoms with Gasteiger partial charge in [-0.2, -0.15) is 0 Å². The van der Waals surface area contributed by atoms with E-state index in [-0.39, 0.29) is 0 Å². The molecule has 234 valence electrons. The minimum atomic E-state index is 0.620. The Labute approximate surface area is 292 Å². The molecule has 0 radical (unpaired) electrons. The summed E-state index contributed by atoms with van der Waals surface area (Å²) in [4.78, 5) is 15.0. The Bertz CT molecular complexity index is 2820. The molecule has 0 aliphatic rings. The van der Waals surface area contributed by atoms with Gasteiger partial charge in [-0.05, 0) is 64.7 Å². The van der Waals surface area contributed by atoms with Gasteiger partial charge in [0.15, 0.2) is 17.5 Å². The molecule has 0 atom stereocenters. The van der Waals surface area contributed by atoms with Crippen molar-refractivity contribution in [3.63, 3.8) is 0 Å². The van der Waals surface area contributed by atoms with E-state index in [0.29, 0.717) is 17.5 Å². The molecule has 50 heavy (non-hydrogen) atoms. The van der Waals surface area contributed by atoms with Crippen LogP contribution >= 0.6 is 11.3 Å². The summed E-state index contributed by atoms with van der Waals surface area (Å²) in [6, 6.07) is 56.9. The van der Waals surface area contributed by atoms with Crippen LogP contribution in [0, 0.1) is 0 Å². The van der Waals surface area contributed by atoms with Gasteiger partial charge in [-0.15, -0.1) is 11.3 Å². The second-order valence-corrected chi connectivity index (χ2v) is 13.5. The number of hydrogen-bond donors (Lipinski definition) is 0. The highest BCUT2D eigenvalue weighted by Gasteiger charge is 2.17. The molecule has 0 bridgehead atoms. The van der Waals surface area contributed by atoms with E-state index in [4.69, 9.17) is 19.4 Å². The van der Waals surface area contributed by atoms with E-state index in [1.165, 1.54) is 20.2 Å². The summed E-state index contributed by atoms with van der Waals surface area (Å²) < 4.78 is 8.94. The van der Waals surface area contributed by atoms with Crippen molar-refractivity contribution in [2.75, 3.05) is 0 Å². The normalized spacial score (nSPS) is 11.6. The smallest absolute Gasteiger partial charge is 0.164 e. The molecule has 7 aromatic carbocycles. The molecule has 3 aromatic heterocycles. The van der Waals surface area contributed by atoms with Crippen molar-refractivity contribution < 1.29 is 4.42 Å². The number of para-hydroxylation sites is 1. The minimum absolute atomic E-state index is 0.620. The molecular formula is C45H27N3OS. The molecule has 0 amide bonds. The van der Waals surface area contributed by atoms with E-state index in [1.807, 2.05) is 84.1 Å². The molecule has 0 spiro atoms. The number of aromatic nitrogens is 3. The molecule has 0 saturated heterocycles. The third kappa shape index (κ3) is 4.87. The molecule has 10 rings (SSSR count). The summed E-state index contributed by atoms with van der Waals surface area (Å²) in [5.41, 5.74) is 8.95. The van der Waals surface area contributed by atoms with Crippen LogP contribution in [-0.4, -0.2) is 15.0 Å². The molecule has 0 unspecified atom stereocenters. The summed E-state index contributed by atoms with van der Waals surface area (Å²) in [5.74, 6) is 1.90. The lowest BCUT2D eigenvalue weighted by Crippen LogP contribution is -2.00. The van der Waals surface area contributed by atoms with E-state index >= 15 is 0 Å². The van der Waals surface area contributed by atoms with Crippen LogP contribution in [-0.2, 0) is 0 Å². The first-order valence-corrected chi connectivity index (χ1v) is 17.4. The second-order valence-electron chi connectivity index (χ2n) is 12.4. The average molecular weight is 658 g/mol. The molecule has 5 heteroatoms. The molecular weight excluding hydrogens is 631 g/mol. The van der Waals surface area contributed by atoms with E-state index in [0.717, 1.165) is 60.9 Å². The van der Waals surface area contributed by atoms with Crippen molar-refractivity contribution >= 4 is 53.4 Å². The number of hydrogen-bond acceptors (Lipinski definition) is 5. The summed E-state index contributed by atoms with van der Waals surface area (Å²) in [5, 5.41) is 4.77. The average Bonchev–Trinajstić information content (AvgIpc) is 3.76. The van der Waals surface area contributed by atoms with Gasteiger partial charge < -0.3 is 4.42 Å².